The number of nitrogens with zero attached hydrogens (tertiary/aromatic N) is 12. The maximum absolute atomic E-state index is 13.5. The minimum atomic E-state index is -5.52. The number of nitro groups is 2. The summed E-state index contributed by atoms with van der Waals surface area (Å²) in [6.07, 6.45) is 0. The topological polar surface area (TPSA) is 610 Å². The van der Waals surface area contributed by atoms with Gasteiger partial charge in [-0.2, -0.15) is 40.1 Å². The van der Waals surface area contributed by atoms with Crippen molar-refractivity contribution in [2.24, 2.45) is 20.5 Å². The largest absolute Gasteiger partial charge is 3.00 e. The van der Waals surface area contributed by atoms with E-state index >= 15 is 0 Å². The van der Waals surface area contributed by atoms with Crippen LogP contribution in [-0.4, -0.2) is 91.6 Å². The molecule has 8 rings (SSSR count). The molecule has 0 atom stereocenters. The Morgan fingerprint density at radius 2 is 0.827 bits per heavy atom. The first kappa shape index (κ1) is 61.2. The van der Waals surface area contributed by atoms with Gasteiger partial charge in [0.15, 0.2) is 0 Å². The molecule has 0 amide bonds. The quantitative estimate of drug-likeness (QED) is 0.0526. The molecule has 2 aromatic heterocycles. The van der Waals surface area contributed by atoms with Crippen molar-refractivity contribution in [2.75, 3.05) is 22.1 Å². The number of anilines is 6. The van der Waals surface area contributed by atoms with Gasteiger partial charge in [0, 0.05) is 35.6 Å². The van der Waals surface area contributed by atoms with E-state index in [-0.39, 0.29) is 16.8 Å². The molecule has 0 aliphatic carbocycles. The molecule has 0 fully saturated rings. The van der Waals surface area contributed by atoms with Gasteiger partial charge in [0.05, 0.1) is 52.2 Å². The van der Waals surface area contributed by atoms with Crippen molar-refractivity contribution in [1.29, 1.82) is 0 Å². The molecule has 0 radical (unpaired) electrons. The normalized spacial score (nSPS) is 12.0. The molecule has 0 spiro atoms. The van der Waals surface area contributed by atoms with Crippen LogP contribution in [0.15, 0.2) is 113 Å². The summed E-state index contributed by atoms with van der Waals surface area (Å²) in [6, 6.07) is 8.38. The number of nitrogens with one attached hydrogen (secondary N) is 2. The average Bonchev–Trinajstić information content (AvgIpc) is 3.49. The number of halogens is 2. The van der Waals surface area contributed by atoms with Crippen molar-refractivity contribution in [1.82, 2.24) is 29.9 Å². The Labute approximate surface area is 469 Å². The van der Waals surface area contributed by atoms with E-state index in [4.69, 9.17) is 34.7 Å². The summed E-state index contributed by atoms with van der Waals surface area (Å²) in [5.74, 6) is -6.16. The minimum absolute atomic E-state index is 0. The number of hydrogen-bond donors (Lipinski definition) is 4. The Morgan fingerprint density at radius 1 is 0.481 bits per heavy atom. The molecule has 0 aliphatic rings. The van der Waals surface area contributed by atoms with Gasteiger partial charge < -0.3 is 60.7 Å². The molecule has 422 valence electrons. The van der Waals surface area contributed by atoms with E-state index in [2.05, 4.69) is 61.0 Å². The van der Waals surface area contributed by atoms with E-state index in [1.165, 1.54) is 0 Å². The van der Waals surface area contributed by atoms with Crippen LogP contribution in [0, 0.1) is 20.2 Å². The number of benzene rings is 6. The van der Waals surface area contributed by atoms with Crippen LogP contribution >= 0.6 is 23.2 Å². The number of azo groups is 2. The Kier molecular flexibility index (Phi) is 17.4. The van der Waals surface area contributed by atoms with Crippen molar-refractivity contribution in [2.45, 2.75) is 19.6 Å². The molecular formula is C38H18Cl2CoN16O20S4-5. The third-order valence-electron chi connectivity index (χ3n) is 9.89. The first-order valence-corrected chi connectivity index (χ1v) is 26.6. The third kappa shape index (κ3) is 14.1. The number of nitrogens with two attached hydrogens (primary N) is 2. The van der Waals surface area contributed by atoms with E-state index < -0.39 is 194 Å². The van der Waals surface area contributed by atoms with Gasteiger partial charge in [-0.15, -0.1) is 10.2 Å². The van der Waals surface area contributed by atoms with E-state index in [0.717, 1.165) is 24.3 Å². The molecule has 6 N–H and O–H groups in total. The van der Waals surface area contributed by atoms with E-state index in [1.807, 2.05) is 0 Å². The number of aromatic nitrogens is 6. The van der Waals surface area contributed by atoms with Crippen molar-refractivity contribution in [3.8, 4) is 23.0 Å². The zero-order chi connectivity index (χ0) is 59.1. The van der Waals surface area contributed by atoms with E-state index in [1.54, 1.807) is 0 Å². The van der Waals surface area contributed by atoms with Crippen LogP contribution in [0.3, 0.4) is 0 Å². The average molecular weight is 1280 g/mol. The monoisotopic (exact) mass is 1270 g/mol. The zero-order valence-electron chi connectivity index (χ0n) is 38.3. The van der Waals surface area contributed by atoms with Gasteiger partial charge in [0.1, 0.15) is 40.5 Å². The molecule has 0 aliphatic heterocycles. The second kappa shape index (κ2) is 23.0. The standard InChI is InChI=1S/2C19H13ClN8O10S2.Co/c2*20-17-23-18(21)25-19(24-17)22-11-6-9(39(33,34)35)3-7-4-13(40(36,37)38)15(16(30)14(7)11)27-26-10-5-8(28(31)32)1-2-12(10)29;/h2*1-6,29-30H,(H,33,34,35)(H,36,37,38)(H3,21,22,23,24,25);/q;;+3/p-8. The van der Waals surface area contributed by atoms with Crippen LogP contribution in [0.2, 0.25) is 10.6 Å². The fourth-order valence-electron chi connectivity index (χ4n) is 6.63. The van der Waals surface area contributed by atoms with Crippen molar-refractivity contribution in [3.05, 3.63) is 104 Å². The molecule has 36 nitrogen and oxygen atoms in total. The molecule has 2 heterocycles. The van der Waals surface area contributed by atoms with Crippen LogP contribution in [0.5, 0.6) is 23.0 Å². The molecule has 81 heavy (non-hydrogen) atoms. The molecule has 6 aromatic carbocycles. The number of fused-ring (bicyclic) bond motifs is 2. The molecule has 0 saturated heterocycles. The van der Waals surface area contributed by atoms with Crippen LogP contribution < -0.4 is 42.5 Å². The predicted molar refractivity (Wildman–Crippen MR) is 257 cm³/mol. The van der Waals surface area contributed by atoms with Gasteiger partial charge in [-0.05, 0) is 81.1 Å². The van der Waals surface area contributed by atoms with Gasteiger partial charge >= 0.3 is 16.8 Å². The first-order chi connectivity index (χ1) is 37.1. The first-order valence-electron chi connectivity index (χ1n) is 20.2. The van der Waals surface area contributed by atoms with E-state index in [9.17, 15) is 92.5 Å². The second-order valence-corrected chi connectivity index (χ2v) is 21.2. The Morgan fingerprint density at radius 3 is 1.12 bits per heavy atom. The Hall–Kier alpha value is -9.01. The molecule has 0 saturated carbocycles. The van der Waals surface area contributed by atoms with Crippen LogP contribution in [0.1, 0.15) is 0 Å². The Bertz CT molecular complexity index is 4190. The number of nitrogen functional groups attached to an aromatic ring is 2. The van der Waals surface area contributed by atoms with Crippen molar-refractivity contribution >= 4 is 155 Å². The predicted octanol–water partition coefficient (Wildman–Crippen LogP) is 2.56. The zero-order valence-corrected chi connectivity index (χ0v) is 44.2. The minimum Gasteiger partial charge on any atom is -0.871 e. The summed E-state index contributed by atoms with van der Waals surface area (Å²) >= 11 is 11.4. The van der Waals surface area contributed by atoms with Gasteiger partial charge in [-0.25, -0.2) is 33.7 Å². The van der Waals surface area contributed by atoms with Crippen LogP contribution in [0.4, 0.5) is 69.3 Å². The molecule has 43 heteroatoms. The van der Waals surface area contributed by atoms with Gasteiger partial charge in [-0.3, -0.25) is 20.2 Å². The summed E-state index contributed by atoms with van der Waals surface area (Å²) < 4.78 is 143. The van der Waals surface area contributed by atoms with Crippen molar-refractivity contribution < 1.29 is 98.9 Å². The fraction of sp³-hybridized carbons (Fsp3) is 0. The summed E-state index contributed by atoms with van der Waals surface area (Å²) in [4.78, 5) is 37.6. The van der Waals surface area contributed by atoms with Crippen LogP contribution in [0.25, 0.3) is 21.5 Å². The summed E-state index contributed by atoms with van der Waals surface area (Å²) in [7, 11) is -21.5. The van der Waals surface area contributed by atoms with Gasteiger partial charge in [0.2, 0.25) is 34.4 Å². The van der Waals surface area contributed by atoms with Gasteiger partial charge in [-0.1, -0.05) is 35.1 Å². The summed E-state index contributed by atoms with van der Waals surface area (Å²) in [5.41, 5.74) is 5.20. The number of hydrogen-bond acceptors (Lipinski definition) is 34. The molecule has 0 bridgehead atoms. The SMILES string of the molecule is Nc1nc(Cl)nc(Nc2cc(S(=O)(=O)[O-])cc3cc(S(=O)(=O)[O-])c(N=Nc4cc([N+](=O)[O-])ccc4[O-])c([O-])c23)n1.Nc1nc(Cl)nc(Nc2cc(S(=O)(=O)[O-])cc3cc(S(=O)(=O)[O-])c(N=Nc4cc([N+](=O)[O-])ccc4[O-])c([O-])c23)n1.[Co+3]. The maximum atomic E-state index is 13.5. The van der Waals surface area contributed by atoms with Gasteiger partial charge in [0.25, 0.3) is 11.4 Å². The van der Waals surface area contributed by atoms with Crippen LogP contribution in [-0.2, 0) is 57.3 Å². The number of rotatable bonds is 14. The molecule has 8 aromatic rings. The second-order valence-electron chi connectivity index (χ2n) is 15.1. The van der Waals surface area contributed by atoms with E-state index in [0.29, 0.717) is 48.5 Å². The number of non-ortho nitro benzene ring substituents is 2. The third-order valence-corrected chi connectivity index (χ3v) is 13.6. The maximum Gasteiger partial charge on any atom is 3.00 e. The summed E-state index contributed by atoms with van der Waals surface area (Å²) in [6.45, 7) is 0. The molecule has 0 unspecified atom stereocenters. The summed E-state index contributed by atoms with van der Waals surface area (Å²) in [5, 5.41) is 88.7. The van der Waals surface area contributed by atoms with Crippen molar-refractivity contribution in [3.63, 3.8) is 0 Å². The smallest absolute Gasteiger partial charge is 0.871 e. The molecular weight excluding hydrogens is 1260 g/mol. The fourth-order valence-corrected chi connectivity index (χ4v) is 9.31. The Balaban J connectivity index is 0.000000258. The number of nitro benzene ring substituents is 2.